The zero-order chi connectivity index (χ0) is 13.4. The maximum absolute atomic E-state index is 10.5. The second kappa shape index (κ2) is 7.16. The highest BCUT2D eigenvalue weighted by Crippen LogP contribution is 2.34. The standard InChI is InChI=1S/C13H22N2O2/c1-5-6-7-8-9-13(4,15-11-17)12(2,3)14-10-16/h5-9H2,1-4H3. The summed E-state index contributed by atoms with van der Waals surface area (Å²) in [6.45, 7) is 7.56. The van der Waals surface area contributed by atoms with E-state index in [2.05, 4.69) is 16.9 Å². The molecule has 0 saturated heterocycles. The number of carbonyl (C=O) groups excluding carboxylic acids is 2. The monoisotopic (exact) mass is 238 g/mol. The van der Waals surface area contributed by atoms with Gasteiger partial charge in [-0.1, -0.05) is 32.6 Å². The Morgan fingerprint density at radius 2 is 1.53 bits per heavy atom. The first-order valence-corrected chi connectivity index (χ1v) is 6.11. The molecule has 0 aromatic rings. The number of aliphatic imine (C=N–C) groups is 2. The summed E-state index contributed by atoms with van der Waals surface area (Å²) >= 11 is 0. The first kappa shape index (κ1) is 15.8. The summed E-state index contributed by atoms with van der Waals surface area (Å²) in [6, 6.07) is 0. The molecule has 96 valence electrons. The molecule has 17 heavy (non-hydrogen) atoms. The number of isocyanates is 2. The van der Waals surface area contributed by atoms with Crippen LogP contribution in [0.5, 0.6) is 0 Å². The molecule has 0 amide bonds. The molecule has 0 rings (SSSR count). The SMILES string of the molecule is CCCCCCC(C)(N=C=O)C(C)(C)N=C=O. The first-order chi connectivity index (χ1) is 7.93. The Hall–Kier alpha value is -1.24. The molecule has 0 spiro atoms. The van der Waals surface area contributed by atoms with Crippen molar-refractivity contribution < 1.29 is 9.59 Å². The number of hydrogen-bond acceptors (Lipinski definition) is 4. The van der Waals surface area contributed by atoms with Crippen LogP contribution in [0, 0.1) is 0 Å². The average molecular weight is 238 g/mol. The van der Waals surface area contributed by atoms with Gasteiger partial charge in [0, 0.05) is 0 Å². The molecule has 0 aromatic carbocycles. The highest BCUT2D eigenvalue weighted by molar-refractivity contribution is 5.39. The van der Waals surface area contributed by atoms with E-state index < -0.39 is 11.1 Å². The van der Waals surface area contributed by atoms with Crippen LogP contribution in [0.4, 0.5) is 0 Å². The first-order valence-electron chi connectivity index (χ1n) is 6.11. The van der Waals surface area contributed by atoms with Gasteiger partial charge in [0.05, 0.1) is 11.1 Å². The molecule has 0 radical (unpaired) electrons. The summed E-state index contributed by atoms with van der Waals surface area (Å²) in [7, 11) is 0. The Morgan fingerprint density at radius 3 is 2.00 bits per heavy atom. The van der Waals surface area contributed by atoms with Crippen molar-refractivity contribution in [1.29, 1.82) is 0 Å². The van der Waals surface area contributed by atoms with Crippen molar-refractivity contribution in [2.24, 2.45) is 9.98 Å². The topological polar surface area (TPSA) is 58.9 Å². The van der Waals surface area contributed by atoms with Gasteiger partial charge in [0.1, 0.15) is 0 Å². The minimum Gasteiger partial charge on any atom is -0.211 e. The summed E-state index contributed by atoms with van der Waals surface area (Å²) in [6.07, 6.45) is 8.27. The third-order valence-corrected chi connectivity index (χ3v) is 3.45. The number of hydrogen-bond donors (Lipinski definition) is 0. The van der Waals surface area contributed by atoms with Crippen molar-refractivity contribution in [3.05, 3.63) is 0 Å². The smallest absolute Gasteiger partial charge is 0.211 e. The molecule has 0 bridgehead atoms. The highest BCUT2D eigenvalue weighted by atomic mass is 16.1. The van der Waals surface area contributed by atoms with E-state index in [0.717, 1.165) is 32.1 Å². The van der Waals surface area contributed by atoms with Gasteiger partial charge in [-0.25, -0.2) is 9.59 Å². The number of rotatable bonds is 8. The Kier molecular flexibility index (Phi) is 6.64. The van der Waals surface area contributed by atoms with E-state index in [1.54, 1.807) is 26.0 Å². The van der Waals surface area contributed by atoms with Gasteiger partial charge in [0.15, 0.2) is 0 Å². The molecule has 4 heteroatoms. The Bertz CT molecular complexity index is 326. The van der Waals surface area contributed by atoms with Crippen LogP contribution in [0.3, 0.4) is 0 Å². The second-order valence-corrected chi connectivity index (χ2v) is 5.05. The molecule has 0 N–H and O–H groups in total. The molecule has 0 heterocycles. The fourth-order valence-corrected chi connectivity index (χ4v) is 1.73. The lowest BCUT2D eigenvalue weighted by molar-refractivity contribution is 0.261. The molecular weight excluding hydrogens is 216 g/mol. The third-order valence-electron chi connectivity index (χ3n) is 3.45. The minimum atomic E-state index is -0.724. The summed E-state index contributed by atoms with van der Waals surface area (Å²) in [5, 5.41) is 0. The molecule has 1 unspecified atom stereocenters. The molecule has 1 atom stereocenters. The highest BCUT2D eigenvalue weighted by Gasteiger charge is 2.41. The van der Waals surface area contributed by atoms with E-state index in [0.29, 0.717) is 0 Å². The van der Waals surface area contributed by atoms with Crippen molar-refractivity contribution in [3.63, 3.8) is 0 Å². The van der Waals surface area contributed by atoms with Crippen LogP contribution in [-0.4, -0.2) is 23.2 Å². The lowest BCUT2D eigenvalue weighted by Gasteiger charge is -2.35. The van der Waals surface area contributed by atoms with Gasteiger partial charge >= 0.3 is 0 Å². The number of nitrogens with zero attached hydrogens (tertiary/aromatic N) is 2. The van der Waals surface area contributed by atoms with Gasteiger partial charge < -0.3 is 0 Å². The Morgan fingerprint density at radius 1 is 0.941 bits per heavy atom. The van der Waals surface area contributed by atoms with Crippen LogP contribution in [0.1, 0.15) is 59.8 Å². The summed E-state index contributed by atoms with van der Waals surface area (Å²) in [4.78, 5) is 28.6. The lowest BCUT2D eigenvalue weighted by atomic mass is 9.78. The van der Waals surface area contributed by atoms with E-state index >= 15 is 0 Å². The van der Waals surface area contributed by atoms with Crippen molar-refractivity contribution in [3.8, 4) is 0 Å². The Balaban J connectivity index is 4.78. The van der Waals surface area contributed by atoms with Crippen LogP contribution in [0.25, 0.3) is 0 Å². The summed E-state index contributed by atoms with van der Waals surface area (Å²) in [5.74, 6) is 0. The molecule has 0 saturated carbocycles. The quantitative estimate of drug-likeness (QED) is 0.370. The van der Waals surface area contributed by atoms with Gasteiger partial charge in [0.2, 0.25) is 12.2 Å². The average Bonchev–Trinajstić information content (AvgIpc) is 2.24. The number of unbranched alkanes of at least 4 members (excludes halogenated alkanes) is 3. The van der Waals surface area contributed by atoms with Gasteiger partial charge in [-0.05, 0) is 27.2 Å². The minimum absolute atomic E-state index is 0.681. The maximum Gasteiger partial charge on any atom is 0.235 e. The van der Waals surface area contributed by atoms with E-state index in [1.165, 1.54) is 0 Å². The van der Waals surface area contributed by atoms with Crippen molar-refractivity contribution in [1.82, 2.24) is 0 Å². The van der Waals surface area contributed by atoms with E-state index in [9.17, 15) is 9.59 Å². The van der Waals surface area contributed by atoms with Gasteiger partial charge in [-0.2, -0.15) is 9.98 Å². The largest absolute Gasteiger partial charge is 0.235 e. The molecule has 4 nitrogen and oxygen atoms in total. The molecule has 0 fully saturated rings. The van der Waals surface area contributed by atoms with E-state index in [4.69, 9.17) is 0 Å². The van der Waals surface area contributed by atoms with Crippen molar-refractivity contribution in [2.75, 3.05) is 0 Å². The zero-order valence-corrected chi connectivity index (χ0v) is 11.2. The van der Waals surface area contributed by atoms with Crippen LogP contribution >= 0.6 is 0 Å². The van der Waals surface area contributed by atoms with Crippen LogP contribution < -0.4 is 0 Å². The molecule has 0 aliphatic carbocycles. The zero-order valence-electron chi connectivity index (χ0n) is 11.2. The predicted molar refractivity (Wildman–Crippen MR) is 67.5 cm³/mol. The molecular formula is C13H22N2O2. The maximum atomic E-state index is 10.5. The Labute approximate surface area is 103 Å². The van der Waals surface area contributed by atoms with Crippen LogP contribution in [0.15, 0.2) is 9.98 Å². The van der Waals surface area contributed by atoms with Gasteiger partial charge in [-0.3, -0.25) is 0 Å². The van der Waals surface area contributed by atoms with Crippen LogP contribution in [0.2, 0.25) is 0 Å². The second-order valence-electron chi connectivity index (χ2n) is 5.05. The molecule has 0 aromatic heterocycles. The van der Waals surface area contributed by atoms with Crippen molar-refractivity contribution >= 4 is 12.2 Å². The van der Waals surface area contributed by atoms with Gasteiger partial charge in [-0.15, -0.1) is 0 Å². The fraction of sp³-hybridized carbons (Fsp3) is 0.846. The predicted octanol–water partition coefficient (Wildman–Crippen LogP) is 3.17. The summed E-state index contributed by atoms with van der Waals surface area (Å²) in [5.41, 5.74) is -1.40. The van der Waals surface area contributed by atoms with E-state index in [1.807, 2.05) is 6.92 Å². The third kappa shape index (κ3) is 4.64. The molecule has 0 aliphatic heterocycles. The molecule has 0 aliphatic rings. The van der Waals surface area contributed by atoms with Crippen molar-refractivity contribution in [2.45, 2.75) is 70.9 Å². The lowest BCUT2D eigenvalue weighted by Crippen LogP contribution is -2.44. The van der Waals surface area contributed by atoms with Gasteiger partial charge in [0.25, 0.3) is 0 Å². The normalized spacial score (nSPS) is 14.4. The summed E-state index contributed by atoms with van der Waals surface area (Å²) < 4.78 is 0. The van der Waals surface area contributed by atoms with Crippen LogP contribution in [-0.2, 0) is 9.59 Å². The van der Waals surface area contributed by atoms with E-state index in [-0.39, 0.29) is 0 Å². The fourth-order valence-electron chi connectivity index (χ4n) is 1.73.